The SMILES string of the molecule is O=C1c2c(ccc3ccccc23)OCC1c1cc(=O)c(O)c[nH]1. The van der Waals surface area contributed by atoms with E-state index in [1.807, 2.05) is 30.3 Å². The van der Waals surface area contributed by atoms with Crippen LogP contribution in [0.1, 0.15) is 22.0 Å². The molecule has 1 aliphatic rings. The Balaban J connectivity index is 1.87. The summed E-state index contributed by atoms with van der Waals surface area (Å²) < 4.78 is 5.73. The largest absolute Gasteiger partial charge is 0.503 e. The molecule has 1 aliphatic heterocycles. The van der Waals surface area contributed by atoms with Crippen molar-refractivity contribution in [3.05, 3.63) is 70.1 Å². The molecular formula is C18H13NO4. The molecule has 1 atom stereocenters. The number of rotatable bonds is 1. The number of Topliss-reactive ketones (excluding diaryl/α,β-unsaturated/α-hetero) is 1. The van der Waals surface area contributed by atoms with Crippen LogP contribution in [-0.4, -0.2) is 22.5 Å². The third-order valence-electron chi connectivity index (χ3n) is 4.15. The molecule has 3 aromatic rings. The summed E-state index contributed by atoms with van der Waals surface area (Å²) in [6.45, 7) is 0.158. The number of benzene rings is 2. The number of aromatic amines is 1. The Morgan fingerprint density at radius 3 is 2.78 bits per heavy atom. The molecule has 2 aromatic carbocycles. The number of fused-ring (bicyclic) bond motifs is 3. The van der Waals surface area contributed by atoms with Crippen LogP contribution in [0.2, 0.25) is 0 Å². The van der Waals surface area contributed by atoms with Gasteiger partial charge in [-0.1, -0.05) is 30.3 Å². The van der Waals surface area contributed by atoms with Crippen LogP contribution in [0.3, 0.4) is 0 Å². The van der Waals surface area contributed by atoms with Gasteiger partial charge in [0.15, 0.2) is 11.5 Å². The van der Waals surface area contributed by atoms with Crippen molar-refractivity contribution >= 4 is 16.6 Å². The van der Waals surface area contributed by atoms with E-state index < -0.39 is 11.3 Å². The minimum absolute atomic E-state index is 0.0932. The van der Waals surface area contributed by atoms with E-state index in [9.17, 15) is 14.7 Å². The number of pyridine rings is 1. The zero-order valence-corrected chi connectivity index (χ0v) is 12.1. The second-order valence-corrected chi connectivity index (χ2v) is 5.53. The van der Waals surface area contributed by atoms with Gasteiger partial charge in [-0.05, 0) is 16.8 Å². The van der Waals surface area contributed by atoms with E-state index in [0.29, 0.717) is 17.0 Å². The number of nitrogens with one attached hydrogen (secondary N) is 1. The summed E-state index contributed by atoms with van der Waals surface area (Å²) in [6, 6.07) is 12.6. The molecule has 0 aliphatic carbocycles. The maximum atomic E-state index is 13.0. The fraction of sp³-hybridized carbons (Fsp3) is 0.111. The molecule has 0 bridgehead atoms. The van der Waals surface area contributed by atoms with Gasteiger partial charge in [0.2, 0.25) is 5.43 Å². The molecule has 5 heteroatoms. The highest BCUT2D eigenvalue weighted by molar-refractivity contribution is 6.13. The average molecular weight is 307 g/mol. The highest BCUT2D eigenvalue weighted by Gasteiger charge is 2.32. The van der Waals surface area contributed by atoms with Gasteiger partial charge in [0.25, 0.3) is 0 Å². The Labute approximate surface area is 131 Å². The smallest absolute Gasteiger partial charge is 0.223 e. The van der Waals surface area contributed by atoms with Gasteiger partial charge in [0, 0.05) is 18.0 Å². The molecule has 0 saturated heterocycles. The molecule has 0 saturated carbocycles. The maximum Gasteiger partial charge on any atom is 0.223 e. The van der Waals surface area contributed by atoms with E-state index in [-0.39, 0.29) is 18.1 Å². The third-order valence-corrected chi connectivity index (χ3v) is 4.15. The first kappa shape index (κ1) is 13.6. The third kappa shape index (κ3) is 2.09. The van der Waals surface area contributed by atoms with E-state index in [2.05, 4.69) is 4.98 Å². The van der Waals surface area contributed by atoms with Crippen molar-refractivity contribution in [3.63, 3.8) is 0 Å². The molecule has 1 aromatic heterocycles. The van der Waals surface area contributed by atoms with E-state index in [0.717, 1.165) is 10.8 Å². The molecule has 5 nitrogen and oxygen atoms in total. The lowest BCUT2D eigenvalue weighted by Gasteiger charge is -2.25. The first-order chi connectivity index (χ1) is 11.1. The summed E-state index contributed by atoms with van der Waals surface area (Å²) in [5, 5.41) is 11.1. The number of ketones is 1. The van der Waals surface area contributed by atoms with E-state index >= 15 is 0 Å². The Hall–Kier alpha value is -3.08. The number of carbonyl (C=O) groups excluding carboxylic acids is 1. The molecular weight excluding hydrogens is 294 g/mol. The number of aromatic nitrogens is 1. The second kappa shape index (κ2) is 4.98. The number of carbonyl (C=O) groups is 1. The highest BCUT2D eigenvalue weighted by Crippen LogP contribution is 2.36. The van der Waals surface area contributed by atoms with Crippen molar-refractivity contribution in [1.29, 1.82) is 0 Å². The molecule has 2 N–H and O–H groups in total. The first-order valence-electron chi connectivity index (χ1n) is 7.25. The van der Waals surface area contributed by atoms with Crippen LogP contribution in [-0.2, 0) is 0 Å². The van der Waals surface area contributed by atoms with Gasteiger partial charge in [-0.25, -0.2) is 0 Å². The summed E-state index contributed by atoms with van der Waals surface area (Å²) >= 11 is 0. The standard InChI is InChI=1S/C18H13NO4/c20-14-7-13(19-8-15(14)21)12-9-23-16-6-5-10-3-1-2-4-11(10)17(16)18(12)22/h1-8,12,21H,9H2,(H,19,20). The van der Waals surface area contributed by atoms with Crippen molar-refractivity contribution in [2.75, 3.05) is 6.61 Å². The van der Waals surface area contributed by atoms with Crippen LogP contribution in [0.4, 0.5) is 0 Å². The lowest BCUT2D eigenvalue weighted by atomic mass is 9.89. The van der Waals surface area contributed by atoms with Crippen molar-refractivity contribution in [1.82, 2.24) is 4.98 Å². The summed E-state index contributed by atoms with van der Waals surface area (Å²) in [5.41, 5.74) is 0.458. The van der Waals surface area contributed by atoms with Crippen molar-refractivity contribution < 1.29 is 14.6 Å². The van der Waals surface area contributed by atoms with Gasteiger partial charge in [0.1, 0.15) is 12.4 Å². The van der Waals surface area contributed by atoms with Crippen LogP contribution in [0.5, 0.6) is 11.5 Å². The van der Waals surface area contributed by atoms with Crippen molar-refractivity contribution in [3.8, 4) is 11.5 Å². The maximum absolute atomic E-state index is 13.0. The number of hydrogen-bond acceptors (Lipinski definition) is 4. The molecule has 1 unspecified atom stereocenters. The van der Waals surface area contributed by atoms with Crippen LogP contribution in [0.25, 0.3) is 10.8 Å². The summed E-state index contributed by atoms with van der Waals surface area (Å²) in [5.74, 6) is -0.499. The normalized spacial score (nSPS) is 16.9. The second-order valence-electron chi connectivity index (χ2n) is 5.53. The molecule has 0 spiro atoms. The fourth-order valence-corrected chi connectivity index (χ4v) is 2.96. The first-order valence-corrected chi connectivity index (χ1v) is 7.25. The minimum Gasteiger partial charge on any atom is -0.503 e. The quantitative estimate of drug-likeness (QED) is 0.724. The van der Waals surface area contributed by atoms with E-state index in [1.54, 1.807) is 6.07 Å². The lowest BCUT2D eigenvalue weighted by Crippen LogP contribution is -2.27. The predicted octanol–water partition coefficient (Wildman–Crippen LogP) is 2.59. The Kier molecular flexibility index (Phi) is 2.94. The molecule has 23 heavy (non-hydrogen) atoms. The van der Waals surface area contributed by atoms with Crippen LogP contribution in [0, 0.1) is 0 Å². The molecule has 4 rings (SSSR count). The molecule has 0 amide bonds. The molecule has 114 valence electrons. The Bertz CT molecular complexity index is 990. The fourth-order valence-electron chi connectivity index (χ4n) is 2.96. The predicted molar refractivity (Wildman–Crippen MR) is 85.2 cm³/mol. The molecule has 0 fully saturated rings. The zero-order valence-electron chi connectivity index (χ0n) is 12.1. The molecule has 2 heterocycles. The van der Waals surface area contributed by atoms with Crippen LogP contribution >= 0.6 is 0 Å². The van der Waals surface area contributed by atoms with Gasteiger partial charge in [-0.15, -0.1) is 0 Å². The van der Waals surface area contributed by atoms with Gasteiger partial charge >= 0.3 is 0 Å². The van der Waals surface area contributed by atoms with Crippen molar-refractivity contribution in [2.45, 2.75) is 5.92 Å². The average Bonchev–Trinajstić information content (AvgIpc) is 2.57. The lowest BCUT2D eigenvalue weighted by molar-refractivity contribution is 0.0896. The number of aromatic hydroxyl groups is 1. The van der Waals surface area contributed by atoms with Gasteiger partial charge in [-0.3, -0.25) is 9.59 Å². The Morgan fingerprint density at radius 2 is 1.96 bits per heavy atom. The van der Waals surface area contributed by atoms with Gasteiger partial charge < -0.3 is 14.8 Å². The summed E-state index contributed by atoms with van der Waals surface area (Å²) in [6.07, 6.45) is 1.20. The van der Waals surface area contributed by atoms with Crippen LogP contribution in [0.15, 0.2) is 53.5 Å². The van der Waals surface area contributed by atoms with E-state index in [1.165, 1.54) is 12.3 Å². The highest BCUT2D eigenvalue weighted by atomic mass is 16.5. The number of ether oxygens (including phenoxy) is 1. The molecule has 0 radical (unpaired) electrons. The summed E-state index contributed by atoms with van der Waals surface area (Å²) in [4.78, 5) is 27.4. The monoisotopic (exact) mass is 307 g/mol. The number of hydrogen-bond donors (Lipinski definition) is 2. The minimum atomic E-state index is -0.596. The van der Waals surface area contributed by atoms with Gasteiger partial charge in [0.05, 0.1) is 11.5 Å². The van der Waals surface area contributed by atoms with Gasteiger partial charge in [-0.2, -0.15) is 0 Å². The Morgan fingerprint density at radius 1 is 1.13 bits per heavy atom. The van der Waals surface area contributed by atoms with E-state index in [4.69, 9.17) is 4.74 Å². The summed E-state index contributed by atoms with van der Waals surface area (Å²) in [7, 11) is 0. The van der Waals surface area contributed by atoms with Crippen molar-refractivity contribution in [2.24, 2.45) is 0 Å². The number of H-pyrrole nitrogens is 1. The topological polar surface area (TPSA) is 79.4 Å². The van der Waals surface area contributed by atoms with Crippen LogP contribution < -0.4 is 10.2 Å². The zero-order chi connectivity index (χ0) is 16.0.